The van der Waals surface area contributed by atoms with Gasteiger partial charge in [0.15, 0.2) is 0 Å². The highest BCUT2D eigenvalue weighted by molar-refractivity contribution is 4.84. The number of hydrogen-bond acceptors (Lipinski definition) is 4. The molecule has 1 unspecified atom stereocenters. The van der Waals surface area contributed by atoms with Crippen molar-refractivity contribution < 1.29 is 4.74 Å². The minimum atomic E-state index is 0.615. The molecule has 0 saturated carbocycles. The van der Waals surface area contributed by atoms with E-state index in [0.29, 0.717) is 6.04 Å². The van der Waals surface area contributed by atoms with Crippen molar-refractivity contribution in [1.29, 1.82) is 0 Å². The molecule has 1 N–H and O–H groups in total. The normalized spacial score (nSPS) is 27.2. The zero-order valence-corrected chi connectivity index (χ0v) is 12.0. The molecule has 4 heteroatoms. The quantitative estimate of drug-likeness (QED) is 0.710. The molecule has 2 heterocycles. The molecule has 0 aromatic rings. The molecule has 2 aliphatic heterocycles. The zero-order chi connectivity index (χ0) is 12.8. The van der Waals surface area contributed by atoms with Crippen molar-refractivity contribution in [3.63, 3.8) is 0 Å². The van der Waals surface area contributed by atoms with Crippen LogP contribution >= 0.6 is 0 Å². The molecule has 2 rings (SSSR count). The van der Waals surface area contributed by atoms with E-state index in [9.17, 15) is 0 Å². The fraction of sp³-hybridized carbons (Fsp3) is 1.00. The van der Waals surface area contributed by atoms with Crippen molar-refractivity contribution >= 4 is 0 Å². The fourth-order valence-electron chi connectivity index (χ4n) is 2.95. The van der Waals surface area contributed by atoms with Crippen LogP contribution in [0.2, 0.25) is 0 Å². The molecule has 2 aliphatic rings. The summed E-state index contributed by atoms with van der Waals surface area (Å²) in [5.74, 6) is 0. The molecule has 1 atom stereocenters. The van der Waals surface area contributed by atoms with Gasteiger partial charge in [-0.05, 0) is 32.5 Å². The van der Waals surface area contributed by atoms with E-state index in [-0.39, 0.29) is 0 Å². The highest BCUT2D eigenvalue weighted by Gasteiger charge is 2.28. The Morgan fingerprint density at radius 3 is 2.72 bits per heavy atom. The number of nitrogens with zero attached hydrogens (tertiary/aromatic N) is 2. The number of nitrogens with one attached hydrogen (secondary N) is 1. The topological polar surface area (TPSA) is 27.7 Å². The van der Waals surface area contributed by atoms with Crippen LogP contribution in [0.1, 0.15) is 26.7 Å². The van der Waals surface area contributed by atoms with Crippen LogP contribution < -0.4 is 5.32 Å². The van der Waals surface area contributed by atoms with E-state index in [0.717, 1.165) is 38.9 Å². The van der Waals surface area contributed by atoms with Gasteiger partial charge in [-0.25, -0.2) is 0 Å². The molecule has 0 aromatic carbocycles. The third kappa shape index (κ3) is 4.50. The number of ether oxygens (including phenoxy) is 1. The van der Waals surface area contributed by atoms with Gasteiger partial charge in [0, 0.05) is 31.7 Å². The average molecular weight is 255 g/mol. The summed E-state index contributed by atoms with van der Waals surface area (Å²) >= 11 is 0. The molecule has 2 fully saturated rings. The average Bonchev–Trinajstić information content (AvgIpc) is 2.84. The third-order valence-corrected chi connectivity index (χ3v) is 4.01. The summed E-state index contributed by atoms with van der Waals surface area (Å²) in [5, 5.41) is 3.49. The highest BCUT2D eigenvalue weighted by atomic mass is 16.5. The molecular formula is C14H29N3O. The predicted octanol–water partition coefficient (Wildman–Crippen LogP) is 0.781. The van der Waals surface area contributed by atoms with Gasteiger partial charge in [0.05, 0.1) is 13.2 Å². The molecule has 0 aliphatic carbocycles. The second-order valence-electron chi connectivity index (χ2n) is 5.85. The summed E-state index contributed by atoms with van der Waals surface area (Å²) in [5.41, 5.74) is 0. The molecule has 2 saturated heterocycles. The van der Waals surface area contributed by atoms with Gasteiger partial charge in [0.2, 0.25) is 0 Å². The number of morpholine rings is 1. The lowest BCUT2D eigenvalue weighted by Crippen LogP contribution is -2.44. The van der Waals surface area contributed by atoms with Crippen molar-refractivity contribution in [3.05, 3.63) is 0 Å². The largest absolute Gasteiger partial charge is 0.379 e. The van der Waals surface area contributed by atoms with E-state index in [4.69, 9.17) is 4.74 Å². The minimum absolute atomic E-state index is 0.615. The van der Waals surface area contributed by atoms with E-state index < -0.39 is 0 Å². The number of rotatable bonds is 6. The first kappa shape index (κ1) is 14.3. The Bertz CT molecular complexity index is 229. The Hall–Kier alpha value is -0.160. The van der Waals surface area contributed by atoms with Gasteiger partial charge in [0.1, 0.15) is 0 Å². The van der Waals surface area contributed by atoms with Gasteiger partial charge < -0.3 is 15.0 Å². The van der Waals surface area contributed by atoms with E-state index in [2.05, 4.69) is 29.0 Å². The Morgan fingerprint density at radius 1 is 1.22 bits per heavy atom. The van der Waals surface area contributed by atoms with Crippen LogP contribution in [-0.4, -0.2) is 74.4 Å². The van der Waals surface area contributed by atoms with Crippen LogP contribution in [0.15, 0.2) is 0 Å². The molecular weight excluding hydrogens is 226 g/mol. The van der Waals surface area contributed by atoms with Gasteiger partial charge in [-0.2, -0.15) is 0 Å². The SMILES string of the molecule is CC(C)NCCCN1CCC(N2CCOCC2)C1. The molecule has 0 bridgehead atoms. The molecule has 0 spiro atoms. The van der Waals surface area contributed by atoms with Crippen LogP contribution in [-0.2, 0) is 4.74 Å². The summed E-state index contributed by atoms with van der Waals surface area (Å²) in [6.07, 6.45) is 2.62. The van der Waals surface area contributed by atoms with Crippen molar-refractivity contribution in [3.8, 4) is 0 Å². The second-order valence-corrected chi connectivity index (χ2v) is 5.85. The van der Waals surface area contributed by atoms with Crippen LogP contribution in [0.25, 0.3) is 0 Å². The molecule has 0 aromatic heterocycles. The Balaban J connectivity index is 1.59. The van der Waals surface area contributed by atoms with Crippen LogP contribution in [0.3, 0.4) is 0 Å². The Labute approximate surface area is 112 Å². The minimum Gasteiger partial charge on any atom is -0.379 e. The summed E-state index contributed by atoms with van der Waals surface area (Å²) in [7, 11) is 0. The molecule has 0 radical (unpaired) electrons. The van der Waals surface area contributed by atoms with Crippen molar-refractivity contribution in [1.82, 2.24) is 15.1 Å². The van der Waals surface area contributed by atoms with Crippen molar-refractivity contribution in [2.45, 2.75) is 38.8 Å². The van der Waals surface area contributed by atoms with E-state index >= 15 is 0 Å². The maximum absolute atomic E-state index is 5.42. The van der Waals surface area contributed by atoms with Gasteiger partial charge in [-0.3, -0.25) is 4.90 Å². The van der Waals surface area contributed by atoms with Crippen molar-refractivity contribution in [2.75, 3.05) is 52.5 Å². The first-order valence-corrected chi connectivity index (χ1v) is 7.53. The summed E-state index contributed by atoms with van der Waals surface area (Å²) in [6.45, 7) is 13.5. The third-order valence-electron chi connectivity index (χ3n) is 4.01. The van der Waals surface area contributed by atoms with Crippen LogP contribution in [0, 0.1) is 0 Å². The first-order chi connectivity index (χ1) is 8.75. The van der Waals surface area contributed by atoms with Crippen LogP contribution in [0.4, 0.5) is 0 Å². The number of likely N-dealkylation sites (tertiary alicyclic amines) is 1. The van der Waals surface area contributed by atoms with Gasteiger partial charge in [-0.1, -0.05) is 13.8 Å². The number of hydrogen-bond donors (Lipinski definition) is 1. The molecule has 0 amide bonds. The maximum atomic E-state index is 5.42. The van der Waals surface area contributed by atoms with Gasteiger partial charge in [-0.15, -0.1) is 0 Å². The maximum Gasteiger partial charge on any atom is 0.0594 e. The summed E-state index contributed by atoms with van der Waals surface area (Å²) in [4.78, 5) is 5.25. The lowest BCUT2D eigenvalue weighted by molar-refractivity contribution is 0.0185. The summed E-state index contributed by atoms with van der Waals surface area (Å²) < 4.78 is 5.42. The fourth-order valence-corrected chi connectivity index (χ4v) is 2.95. The lowest BCUT2D eigenvalue weighted by atomic mass is 10.2. The standard InChI is InChI=1S/C14H29N3O/c1-13(2)15-5-3-6-16-7-4-14(12-16)17-8-10-18-11-9-17/h13-15H,3-12H2,1-2H3. The van der Waals surface area contributed by atoms with E-state index in [1.54, 1.807) is 0 Å². The highest BCUT2D eigenvalue weighted by Crippen LogP contribution is 2.16. The molecule has 18 heavy (non-hydrogen) atoms. The van der Waals surface area contributed by atoms with E-state index in [1.165, 1.54) is 32.5 Å². The summed E-state index contributed by atoms with van der Waals surface area (Å²) in [6, 6.07) is 1.40. The molecule has 106 valence electrons. The lowest BCUT2D eigenvalue weighted by Gasteiger charge is -2.32. The molecule has 4 nitrogen and oxygen atoms in total. The van der Waals surface area contributed by atoms with Gasteiger partial charge >= 0.3 is 0 Å². The smallest absolute Gasteiger partial charge is 0.0594 e. The van der Waals surface area contributed by atoms with E-state index in [1.807, 2.05) is 0 Å². The zero-order valence-electron chi connectivity index (χ0n) is 12.0. The Kier molecular flexibility index (Phi) is 5.89. The van der Waals surface area contributed by atoms with Crippen molar-refractivity contribution in [2.24, 2.45) is 0 Å². The first-order valence-electron chi connectivity index (χ1n) is 7.53. The predicted molar refractivity (Wildman–Crippen MR) is 75.0 cm³/mol. The Morgan fingerprint density at radius 2 is 2.00 bits per heavy atom. The van der Waals surface area contributed by atoms with Gasteiger partial charge in [0.25, 0.3) is 0 Å². The second kappa shape index (κ2) is 7.43. The van der Waals surface area contributed by atoms with Crippen LogP contribution in [0.5, 0.6) is 0 Å². The monoisotopic (exact) mass is 255 g/mol.